The lowest BCUT2D eigenvalue weighted by Gasteiger charge is -1.93. The second kappa shape index (κ2) is 4.73. The molecule has 1 N–H and O–H groups in total. The van der Waals surface area contributed by atoms with Crippen LogP contribution in [0.5, 0.6) is 0 Å². The van der Waals surface area contributed by atoms with Gasteiger partial charge in [0.05, 0.1) is 6.42 Å². The summed E-state index contributed by atoms with van der Waals surface area (Å²) < 4.78 is 17.9. The van der Waals surface area contributed by atoms with Gasteiger partial charge in [0.2, 0.25) is 11.8 Å². The summed E-state index contributed by atoms with van der Waals surface area (Å²) in [5.41, 5.74) is 0.598. The SMILES string of the molecule is O=C(O)CCc1nnc(-c2ccc(F)cc2)o1. The summed E-state index contributed by atoms with van der Waals surface area (Å²) in [7, 11) is 0. The molecule has 88 valence electrons. The first-order valence-corrected chi connectivity index (χ1v) is 4.95. The second-order valence-corrected chi connectivity index (χ2v) is 3.40. The molecule has 0 saturated carbocycles. The number of hydrogen-bond donors (Lipinski definition) is 1. The van der Waals surface area contributed by atoms with Gasteiger partial charge in [-0.3, -0.25) is 4.79 Å². The Morgan fingerprint density at radius 1 is 1.29 bits per heavy atom. The summed E-state index contributed by atoms with van der Waals surface area (Å²) in [4.78, 5) is 10.4. The zero-order valence-corrected chi connectivity index (χ0v) is 8.76. The highest BCUT2D eigenvalue weighted by atomic mass is 19.1. The van der Waals surface area contributed by atoms with Crippen LogP contribution in [0.1, 0.15) is 12.3 Å². The van der Waals surface area contributed by atoms with E-state index >= 15 is 0 Å². The molecule has 0 aliphatic carbocycles. The molecule has 0 unspecified atom stereocenters. The number of carboxylic acid groups (broad SMARTS) is 1. The molecule has 0 atom stereocenters. The van der Waals surface area contributed by atoms with E-state index in [2.05, 4.69) is 10.2 Å². The van der Waals surface area contributed by atoms with Crippen molar-refractivity contribution in [2.75, 3.05) is 0 Å². The number of aryl methyl sites for hydroxylation is 1. The maximum absolute atomic E-state index is 12.7. The van der Waals surface area contributed by atoms with Crippen molar-refractivity contribution < 1.29 is 18.7 Å². The Bertz CT molecular complexity index is 522. The standard InChI is InChI=1S/C11H9FN2O3/c12-8-3-1-7(2-4-8)11-14-13-9(17-11)5-6-10(15)16/h1-4H,5-6H2,(H,15,16). The molecule has 0 saturated heterocycles. The first-order chi connectivity index (χ1) is 8.15. The second-order valence-electron chi connectivity index (χ2n) is 3.40. The van der Waals surface area contributed by atoms with Crippen molar-refractivity contribution in [1.82, 2.24) is 10.2 Å². The fourth-order valence-corrected chi connectivity index (χ4v) is 1.28. The molecule has 2 rings (SSSR count). The fourth-order valence-electron chi connectivity index (χ4n) is 1.28. The lowest BCUT2D eigenvalue weighted by Crippen LogP contribution is -1.97. The Balaban J connectivity index is 2.12. The normalized spacial score (nSPS) is 10.4. The van der Waals surface area contributed by atoms with E-state index in [-0.39, 0.29) is 30.4 Å². The smallest absolute Gasteiger partial charge is 0.303 e. The highest BCUT2D eigenvalue weighted by Crippen LogP contribution is 2.18. The van der Waals surface area contributed by atoms with Crippen LogP contribution < -0.4 is 0 Å². The van der Waals surface area contributed by atoms with E-state index in [1.807, 2.05) is 0 Å². The van der Waals surface area contributed by atoms with E-state index in [9.17, 15) is 9.18 Å². The van der Waals surface area contributed by atoms with E-state index in [0.29, 0.717) is 5.56 Å². The van der Waals surface area contributed by atoms with Crippen LogP contribution in [-0.4, -0.2) is 21.3 Å². The molecule has 0 amide bonds. The van der Waals surface area contributed by atoms with Gasteiger partial charge >= 0.3 is 5.97 Å². The van der Waals surface area contributed by atoms with Crippen molar-refractivity contribution in [1.29, 1.82) is 0 Å². The summed E-state index contributed by atoms with van der Waals surface area (Å²) >= 11 is 0. The van der Waals surface area contributed by atoms with Crippen molar-refractivity contribution in [2.24, 2.45) is 0 Å². The lowest BCUT2D eigenvalue weighted by molar-refractivity contribution is -0.137. The van der Waals surface area contributed by atoms with Crippen LogP contribution in [-0.2, 0) is 11.2 Å². The van der Waals surface area contributed by atoms with Crippen molar-refractivity contribution in [3.63, 3.8) is 0 Å². The van der Waals surface area contributed by atoms with Gasteiger partial charge in [0, 0.05) is 12.0 Å². The zero-order chi connectivity index (χ0) is 12.3. The summed E-state index contributed by atoms with van der Waals surface area (Å²) in [5.74, 6) is -0.761. The molecule has 0 bridgehead atoms. The maximum atomic E-state index is 12.7. The van der Waals surface area contributed by atoms with Crippen LogP contribution in [0.25, 0.3) is 11.5 Å². The van der Waals surface area contributed by atoms with Gasteiger partial charge < -0.3 is 9.52 Å². The molecule has 6 heteroatoms. The first-order valence-electron chi connectivity index (χ1n) is 4.95. The van der Waals surface area contributed by atoms with Crippen molar-refractivity contribution in [2.45, 2.75) is 12.8 Å². The summed E-state index contributed by atoms with van der Waals surface area (Å²) in [6, 6.07) is 5.61. The predicted octanol–water partition coefficient (Wildman–Crippen LogP) is 1.89. The quantitative estimate of drug-likeness (QED) is 0.877. The van der Waals surface area contributed by atoms with Crippen LogP contribution in [0.4, 0.5) is 4.39 Å². The highest BCUT2D eigenvalue weighted by Gasteiger charge is 2.09. The third kappa shape index (κ3) is 2.87. The molecular weight excluding hydrogens is 227 g/mol. The minimum atomic E-state index is -0.925. The van der Waals surface area contributed by atoms with Crippen LogP contribution in [0.2, 0.25) is 0 Å². The summed E-state index contributed by atoms with van der Waals surface area (Å²) in [6.45, 7) is 0. The van der Waals surface area contributed by atoms with Gasteiger partial charge in [-0.25, -0.2) is 4.39 Å². The van der Waals surface area contributed by atoms with Crippen LogP contribution >= 0.6 is 0 Å². The topological polar surface area (TPSA) is 76.2 Å². The largest absolute Gasteiger partial charge is 0.481 e. The molecule has 17 heavy (non-hydrogen) atoms. The molecule has 0 spiro atoms. The Kier molecular flexibility index (Phi) is 3.13. The van der Waals surface area contributed by atoms with Gasteiger partial charge in [0.25, 0.3) is 0 Å². The van der Waals surface area contributed by atoms with Crippen LogP contribution in [0, 0.1) is 5.82 Å². The summed E-state index contributed by atoms with van der Waals surface area (Å²) in [5, 5.41) is 16.0. The van der Waals surface area contributed by atoms with Crippen molar-refractivity contribution in [3.8, 4) is 11.5 Å². The Morgan fingerprint density at radius 3 is 2.65 bits per heavy atom. The first kappa shape index (κ1) is 11.3. The molecule has 5 nitrogen and oxygen atoms in total. The van der Waals surface area contributed by atoms with Crippen LogP contribution in [0.15, 0.2) is 28.7 Å². The molecule has 0 fully saturated rings. The van der Waals surface area contributed by atoms with Gasteiger partial charge in [-0.05, 0) is 24.3 Å². The van der Waals surface area contributed by atoms with Gasteiger partial charge in [-0.15, -0.1) is 10.2 Å². The Morgan fingerprint density at radius 2 is 2.00 bits per heavy atom. The van der Waals surface area contributed by atoms with Crippen molar-refractivity contribution in [3.05, 3.63) is 36.0 Å². The molecule has 1 heterocycles. The van der Waals surface area contributed by atoms with E-state index in [1.54, 1.807) is 0 Å². The van der Waals surface area contributed by atoms with Gasteiger partial charge in [0.15, 0.2) is 0 Å². The minimum absolute atomic E-state index is 0.0644. The third-order valence-electron chi connectivity index (χ3n) is 2.11. The maximum Gasteiger partial charge on any atom is 0.303 e. The number of hydrogen-bond acceptors (Lipinski definition) is 4. The molecule has 0 radical (unpaired) electrons. The van der Waals surface area contributed by atoms with Gasteiger partial charge in [-0.1, -0.05) is 0 Å². The van der Waals surface area contributed by atoms with Gasteiger partial charge in [-0.2, -0.15) is 0 Å². The molecule has 0 aliphatic rings. The number of rotatable bonds is 4. The number of aliphatic carboxylic acids is 1. The number of carboxylic acids is 1. The molecule has 1 aromatic carbocycles. The number of nitrogens with zero attached hydrogens (tertiary/aromatic N) is 2. The average Bonchev–Trinajstić information content (AvgIpc) is 2.76. The number of carbonyl (C=O) groups is 1. The fraction of sp³-hybridized carbons (Fsp3) is 0.182. The number of benzene rings is 1. The van der Waals surface area contributed by atoms with E-state index in [4.69, 9.17) is 9.52 Å². The molecular formula is C11H9FN2O3. The zero-order valence-electron chi connectivity index (χ0n) is 8.76. The molecule has 1 aromatic heterocycles. The van der Waals surface area contributed by atoms with E-state index in [1.165, 1.54) is 24.3 Å². The predicted molar refractivity (Wildman–Crippen MR) is 55.6 cm³/mol. The van der Waals surface area contributed by atoms with E-state index in [0.717, 1.165) is 0 Å². The van der Waals surface area contributed by atoms with Crippen LogP contribution in [0.3, 0.4) is 0 Å². The Hall–Kier alpha value is -2.24. The third-order valence-corrected chi connectivity index (χ3v) is 2.11. The highest BCUT2D eigenvalue weighted by molar-refractivity contribution is 5.66. The lowest BCUT2D eigenvalue weighted by atomic mass is 10.2. The monoisotopic (exact) mass is 236 g/mol. The summed E-state index contributed by atoms with van der Waals surface area (Å²) in [6.07, 6.45) is 0.120. The number of aromatic nitrogens is 2. The van der Waals surface area contributed by atoms with Crippen molar-refractivity contribution >= 4 is 5.97 Å². The number of halogens is 1. The Labute approximate surface area is 95.9 Å². The van der Waals surface area contributed by atoms with Gasteiger partial charge in [0.1, 0.15) is 5.82 Å². The average molecular weight is 236 g/mol. The molecule has 2 aromatic rings. The minimum Gasteiger partial charge on any atom is -0.481 e. The molecule has 0 aliphatic heterocycles. The van der Waals surface area contributed by atoms with E-state index < -0.39 is 5.97 Å².